The Morgan fingerprint density at radius 2 is 1.82 bits per heavy atom. The van der Waals surface area contributed by atoms with Crippen LogP contribution in [0.3, 0.4) is 0 Å². The second-order valence-corrected chi connectivity index (χ2v) is 4.53. The first-order valence-electron chi connectivity index (χ1n) is 6.59. The summed E-state index contributed by atoms with van der Waals surface area (Å²) in [6, 6.07) is 4.68. The number of anilines is 1. The zero-order valence-electron chi connectivity index (χ0n) is 12.5. The molecule has 0 bridgehead atoms. The van der Waals surface area contributed by atoms with Crippen molar-refractivity contribution < 1.29 is 19.4 Å². The summed E-state index contributed by atoms with van der Waals surface area (Å²) in [6.07, 6.45) is 3.01. The third-order valence-electron chi connectivity index (χ3n) is 3.07. The number of carboxylic acids is 1. The maximum Gasteiger partial charge on any atom is 0.325 e. The third kappa shape index (κ3) is 3.25. The van der Waals surface area contributed by atoms with E-state index in [1.54, 1.807) is 26.4 Å². The van der Waals surface area contributed by atoms with Gasteiger partial charge in [0.15, 0.2) is 0 Å². The minimum absolute atomic E-state index is 0.382. The summed E-state index contributed by atoms with van der Waals surface area (Å²) >= 11 is 0. The molecule has 22 heavy (non-hydrogen) atoms. The number of hydrogen-bond donors (Lipinski definition) is 2. The van der Waals surface area contributed by atoms with E-state index < -0.39 is 12.0 Å². The molecular weight excluding hydrogens is 286 g/mol. The lowest BCUT2D eigenvalue weighted by atomic mass is 10.1. The molecule has 1 atom stereocenters. The molecule has 2 N–H and O–H groups in total. The molecule has 0 aliphatic carbocycles. The SMILES string of the molecule is COc1cccc(OC)c1-c1cnc(NC(C)C(=O)O)cn1. The van der Waals surface area contributed by atoms with Crippen LogP contribution < -0.4 is 14.8 Å². The zero-order valence-corrected chi connectivity index (χ0v) is 12.5. The second-order valence-electron chi connectivity index (χ2n) is 4.53. The molecule has 1 heterocycles. The Bertz CT molecular complexity index is 636. The van der Waals surface area contributed by atoms with Gasteiger partial charge >= 0.3 is 5.97 Å². The second kappa shape index (κ2) is 6.75. The monoisotopic (exact) mass is 303 g/mol. The molecule has 0 spiro atoms. The van der Waals surface area contributed by atoms with Crippen LogP contribution in [0, 0.1) is 0 Å². The highest BCUT2D eigenvalue weighted by Gasteiger charge is 2.15. The zero-order chi connectivity index (χ0) is 16.1. The fourth-order valence-corrected chi connectivity index (χ4v) is 1.92. The van der Waals surface area contributed by atoms with E-state index in [0.29, 0.717) is 28.6 Å². The Kier molecular flexibility index (Phi) is 4.77. The summed E-state index contributed by atoms with van der Waals surface area (Å²) < 4.78 is 10.7. The molecule has 0 radical (unpaired) electrons. The van der Waals surface area contributed by atoms with Crippen molar-refractivity contribution in [3.05, 3.63) is 30.6 Å². The molecule has 7 heteroatoms. The smallest absolute Gasteiger partial charge is 0.325 e. The fraction of sp³-hybridized carbons (Fsp3) is 0.267. The molecule has 2 rings (SSSR count). The molecule has 1 unspecified atom stereocenters. The molecule has 0 aliphatic rings. The highest BCUT2D eigenvalue weighted by Crippen LogP contribution is 2.36. The first kappa shape index (κ1) is 15.6. The normalized spacial score (nSPS) is 11.6. The van der Waals surface area contributed by atoms with Gasteiger partial charge in [-0.1, -0.05) is 6.07 Å². The average Bonchev–Trinajstić information content (AvgIpc) is 2.54. The number of methoxy groups -OCH3 is 2. The van der Waals surface area contributed by atoms with Gasteiger partial charge < -0.3 is 19.9 Å². The molecule has 0 fully saturated rings. The molecule has 116 valence electrons. The summed E-state index contributed by atoms with van der Waals surface area (Å²) in [7, 11) is 3.13. The van der Waals surface area contributed by atoms with Crippen LogP contribution >= 0.6 is 0 Å². The summed E-state index contributed by atoms with van der Waals surface area (Å²) in [5.41, 5.74) is 1.26. The number of benzene rings is 1. The first-order valence-corrected chi connectivity index (χ1v) is 6.59. The van der Waals surface area contributed by atoms with Crippen molar-refractivity contribution in [1.29, 1.82) is 0 Å². The van der Waals surface area contributed by atoms with Crippen molar-refractivity contribution in [2.75, 3.05) is 19.5 Å². The predicted octanol–water partition coefficient (Wildman–Crippen LogP) is 2.05. The summed E-state index contributed by atoms with van der Waals surface area (Å²) in [5.74, 6) is 0.659. The van der Waals surface area contributed by atoms with Crippen LogP contribution in [0.2, 0.25) is 0 Å². The van der Waals surface area contributed by atoms with Crippen LogP contribution in [-0.2, 0) is 4.79 Å². The number of carboxylic acid groups (broad SMARTS) is 1. The van der Waals surface area contributed by atoms with Crippen molar-refractivity contribution in [2.45, 2.75) is 13.0 Å². The van der Waals surface area contributed by atoms with Crippen LogP contribution in [0.1, 0.15) is 6.92 Å². The van der Waals surface area contributed by atoms with E-state index in [0.717, 1.165) is 0 Å². The van der Waals surface area contributed by atoms with Crippen molar-refractivity contribution in [3.8, 4) is 22.8 Å². The molecule has 0 saturated carbocycles. The Morgan fingerprint density at radius 3 is 2.27 bits per heavy atom. The van der Waals surface area contributed by atoms with E-state index in [2.05, 4.69) is 15.3 Å². The van der Waals surface area contributed by atoms with Crippen LogP contribution in [0.5, 0.6) is 11.5 Å². The van der Waals surface area contributed by atoms with Crippen molar-refractivity contribution >= 4 is 11.8 Å². The van der Waals surface area contributed by atoms with Crippen molar-refractivity contribution in [3.63, 3.8) is 0 Å². The highest BCUT2D eigenvalue weighted by molar-refractivity contribution is 5.77. The van der Waals surface area contributed by atoms with Gasteiger partial charge in [-0.25, -0.2) is 4.98 Å². The number of ether oxygens (including phenoxy) is 2. The van der Waals surface area contributed by atoms with E-state index in [4.69, 9.17) is 14.6 Å². The number of hydrogen-bond acceptors (Lipinski definition) is 6. The molecule has 0 amide bonds. The highest BCUT2D eigenvalue weighted by atomic mass is 16.5. The largest absolute Gasteiger partial charge is 0.496 e. The Balaban J connectivity index is 2.33. The Morgan fingerprint density at radius 1 is 1.18 bits per heavy atom. The molecule has 0 saturated heterocycles. The number of aliphatic carboxylic acids is 1. The van der Waals surface area contributed by atoms with Gasteiger partial charge in [0.25, 0.3) is 0 Å². The number of aromatic nitrogens is 2. The van der Waals surface area contributed by atoms with Crippen LogP contribution in [-0.4, -0.2) is 41.3 Å². The lowest BCUT2D eigenvalue weighted by Gasteiger charge is -2.13. The quantitative estimate of drug-likeness (QED) is 0.843. The van der Waals surface area contributed by atoms with Gasteiger partial charge in [0, 0.05) is 0 Å². The van der Waals surface area contributed by atoms with Gasteiger partial charge in [-0.2, -0.15) is 0 Å². The van der Waals surface area contributed by atoms with E-state index in [1.807, 2.05) is 6.07 Å². The summed E-state index contributed by atoms with van der Waals surface area (Å²) in [5, 5.41) is 11.6. The molecule has 2 aromatic rings. The van der Waals surface area contributed by atoms with Gasteiger partial charge in [-0.05, 0) is 19.1 Å². The fourth-order valence-electron chi connectivity index (χ4n) is 1.92. The lowest BCUT2D eigenvalue weighted by molar-refractivity contribution is -0.137. The van der Waals surface area contributed by atoms with Gasteiger partial charge in [-0.15, -0.1) is 0 Å². The average molecular weight is 303 g/mol. The number of nitrogens with zero attached hydrogens (tertiary/aromatic N) is 2. The standard InChI is InChI=1S/C15H17N3O4/c1-9(15(19)20)18-13-8-16-10(7-17-13)14-11(21-2)5-4-6-12(14)22-3/h4-9H,1-3H3,(H,17,18)(H,19,20). The third-order valence-corrected chi connectivity index (χ3v) is 3.07. The van der Waals surface area contributed by atoms with E-state index in [9.17, 15) is 4.79 Å². The van der Waals surface area contributed by atoms with Crippen molar-refractivity contribution in [1.82, 2.24) is 9.97 Å². The maximum atomic E-state index is 10.8. The first-order chi connectivity index (χ1) is 10.6. The molecule has 1 aromatic heterocycles. The molecule has 7 nitrogen and oxygen atoms in total. The van der Waals surface area contributed by atoms with E-state index in [1.165, 1.54) is 19.3 Å². The number of carbonyl (C=O) groups is 1. The Labute approximate surface area is 127 Å². The minimum atomic E-state index is -0.961. The van der Waals surface area contributed by atoms with E-state index >= 15 is 0 Å². The van der Waals surface area contributed by atoms with Crippen LogP contribution in [0.25, 0.3) is 11.3 Å². The predicted molar refractivity (Wildman–Crippen MR) is 81.3 cm³/mol. The molecule has 0 aliphatic heterocycles. The van der Waals surface area contributed by atoms with Gasteiger partial charge in [0.05, 0.1) is 37.9 Å². The maximum absolute atomic E-state index is 10.8. The summed E-state index contributed by atoms with van der Waals surface area (Å²) in [4.78, 5) is 19.3. The Hall–Kier alpha value is -2.83. The lowest BCUT2D eigenvalue weighted by Crippen LogP contribution is -2.25. The number of rotatable bonds is 6. The van der Waals surface area contributed by atoms with Crippen LogP contribution in [0.15, 0.2) is 30.6 Å². The van der Waals surface area contributed by atoms with Gasteiger partial charge in [0.1, 0.15) is 23.4 Å². The van der Waals surface area contributed by atoms with E-state index in [-0.39, 0.29) is 0 Å². The minimum Gasteiger partial charge on any atom is -0.496 e. The summed E-state index contributed by atoms with van der Waals surface area (Å²) in [6.45, 7) is 1.53. The molecule has 1 aromatic carbocycles. The van der Waals surface area contributed by atoms with Gasteiger partial charge in [0.2, 0.25) is 0 Å². The van der Waals surface area contributed by atoms with Gasteiger partial charge in [-0.3, -0.25) is 9.78 Å². The van der Waals surface area contributed by atoms with Crippen LogP contribution in [0.4, 0.5) is 5.82 Å². The number of nitrogens with one attached hydrogen (secondary N) is 1. The topological polar surface area (TPSA) is 93.6 Å². The molecular formula is C15H17N3O4. The van der Waals surface area contributed by atoms with Crippen molar-refractivity contribution in [2.24, 2.45) is 0 Å².